The predicted octanol–water partition coefficient (Wildman–Crippen LogP) is 5.84. The third-order valence-electron chi connectivity index (χ3n) is 5.10. The highest BCUT2D eigenvalue weighted by Gasteiger charge is 2.12. The Balaban J connectivity index is 1.41. The van der Waals surface area contributed by atoms with Gasteiger partial charge in [0.05, 0.1) is 0 Å². The van der Waals surface area contributed by atoms with Crippen molar-refractivity contribution >= 4 is 24.3 Å². The van der Waals surface area contributed by atoms with Crippen LogP contribution in [0.25, 0.3) is 24.3 Å². The van der Waals surface area contributed by atoms with Gasteiger partial charge in [-0.2, -0.15) is 0 Å². The van der Waals surface area contributed by atoms with Crippen molar-refractivity contribution in [2.75, 3.05) is 0 Å². The molecule has 0 saturated carbocycles. The zero-order chi connectivity index (χ0) is 15.9. The Labute approximate surface area is 142 Å². The van der Waals surface area contributed by atoms with Crippen molar-refractivity contribution in [2.45, 2.75) is 12.8 Å². The van der Waals surface area contributed by atoms with Gasteiger partial charge in [-0.3, -0.25) is 0 Å². The van der Waals surface area contributed by atoms with Gasteiger partial charge in [0.1, 0.15) is 0 Å². The lowest BCUT2D eigenvalue weighted by Crippen LogP contribution is -2.00. The summed E-state index contributed by atoms with van der Waals surface area (Å²) in [5.74, 6) is 0. The average molecular weight is 306 g/mol. The molecule has 114 valence electrons. The first kappa shape index (κ1) is 13.6. The van der Waals surface area contributed by atoms with E-state index in [1.807, 2.05) is 0 Å². The molecule has 0 saturated heterocycles. The van der Waals surface area contributed by atoms with Gasteiger partial charge >= 0.3 is 0 Å². The second-order valence-corrected chi connectivity index (χ2v) is 6.68. The van der Waals surface area contributed by atoms with Crippen molar-refractivity contribution in [1.82, 2.24) is 0 Å². The second-order valence-electron chi connectivity index (χ2n) is 6.68. The zero-order valence-electron chi connectivity index (χ0n) is 13.5. The van der Waals surface area contributed by atoms with Gasteiger partial charge in [0.2, 0.25) is 0 Å². The van der Waals surface area contributed by atoms with Gasteiger partial charge in [-0.05, 0) is 57.3 Å². The van der Waals surface area contributed by atoms with E-state index in [1.165, 1.54) is 44.5 Å². The Morgan fingerprint density at radius 3 is 1.46 bits per heavy atom. The molecule has 0 spiro atoms. The zero-order valence-corrected chi connectivity index (χ0v) is 13.5. The van der Waals surface area contributed by atoms with Crippen LogP contribution in [0.3, 0.4) is 0 Å². The van der Waals surface area contributed by atoms with Crippen molar-refractivity contribution in [1.29, 1.82) is 0 Å². The van der Waals surface area contributed by atoms with Gasteiger partial charge in [0.15, 0.2) is 0 Å². The third kappa shape index (κ3) is 2.23. The maximum Gasteiger partial charge on any atom is -0.00195 e. The minimum absolute atomic E-state index is 1.01. The molecule has 0 amide bonds. The molecule has 0 unspecified atom stereocenters. The summed E-state index contributed by atoms with van der Waals surface area (Å²) >= 11 is 0. The van der Waals surface area contributed by atoms with Crippen LogP contribution in [0.4, 0.5) is 0 Å². The molecule has 0 heterocycles. The molecule has 0 radical (unpaired) electrons. The van der Waals surface area contributed by atoms with Crippen LogP contribution in [0, 0.1) is 0 Å². The van der Waals surface area contributed by atoms with Crippen LogP contribution >= 0.6 is 0 Å². The number of fused-ring (bicyclic) bond motifs is 2. The lowest BCUT2D eigenvalue weighted by atomic mass is 9.88. The van der Waals surface area contributed by atoms with E-state index >= 15 is 0 Å². The Kier molecular flexibility index (Phi) is 3.02. The van der Waals surface area contributed by atoms with Crippen LogP contribution < -0.4 is 0 Å². The topological polar surface area (TPSA) is 0 Å². The Bertz CT molecular complexity index is 924. The summed E-state index contributed by atoms with van der Waals surface area (Å²) < 4.78 is 0. The Hall–Kier alpha value is -2.86. The van der Waals surface area contributed by atoms with Gasteiger partial charge in [0, 0.05) is 0 Å². The minimum Gasteiger partial charge on any atom is -0.0617 e. The number of hydrogen-bond donors (Lipinski definition) is 0. The summed E-state index contributed by atoms with van der Waals surface area (Å²) in [5.41, 5.74) is 11.2. The molecular weight excluding hydrogens is 288 g/mol. The van der Waals surface area contributed by atoms with E-state index in [0.29, 0.717) is 0 Å². The van der Waals surface area contributed by atoms with Gasteiger partial charge in [0.25, 0.3) is 0 Å². The molecule has 0 aromatic heterocycles. The molecule has 0 fully saturated rings. The Morgan fingerprint density at radius 1 is 0.500 bits per heavy atom. The van der Waals surface area contributed by atoms with E-state index in [2.05, 4.69) is 85.0 Å². The van der Waals surface area contributed by atoms with E-state index in [-0.39, 0.29) is 0 Å². The molecule has 0 nitrogen and oxygen atoms in total. The van der Waals surface area contributed by atoms with Crippen LogP contribution in [-0.2, 0) is 12.8 Å². The highest BCUT2D eigenvalue weighted by Crippen LogP contribution is 2.30. The van der Waals surface area contributed by atoms with Crippen LogP contribution in [0.15, 0.2) is 60.7 Å². The maximum absolute atomic E-state index is 2.36. The van der Waals surface area contributed by atoms with Gasteiger partial charge in [-0.25, -0.2) is 0 Å². The summed E-state index contributed by atoms with van der Waals surface area (Å²) in [7, 11) is 0. The summed E-state index contributed by atoms with van der Waals surface area (Å²) in [6, 6.07) is 22.3. The number of benzene rings is 3. The second kappa shape index (κ2) is 5.35. The van der Waals surface area contributed by atoms with E-state index in [0.717, 1.165) is 12.8 Å². The van der Waals surface area contributed by atoms with E-state index < -0.39 is 0 Å². The standard InChI is InChI=1S/C24H18/c1-4-17(15-21-8-2-6-19-10-12-23(19)21)14-18(5-1)16-22-9-3-7-20-11-13-24(20)22/h1-14H,15-16H2. The normalized spacial score (nSPS) is 13.0. The van der Waals surface area contributed by atoms with Gasteiger partial charge in [-0.15, -0.1) is 0 Å². The van der Waals surface area contributed by atoms with Gasteiger partial charge < -0.3 is 0 Å². The molecule has 0 atom stereocenters. The summed E-state index contributed by atoms with van der Waals surface area (Å²) in [6.07, 6.45) is 10.9. The number of hydrogen-bond acceptors (Lipinski definition) is 0. The molecule has 5 rings (SSSR count). The first-order chi connectivity index (χ1) is 11.9. The quantitative estimate of drug-likeness (QED) is 0.391. The van der Waals surface area contributed by atoms with E-state index in [4.69, 9.17) is 0 Å². The molecule has 0 N–H and O–H groups in total. The molecule has 2 aliphatic carbocycles. The molecule has 0 bridgehead atoms. The predicted molar refractivity (Wildman–Crippen MR) is 103 cm³/mol. The van der Waals surface area contributed by atoms with Crippen LogP contribution in [0.1, 0.15) is 44.5 Å². The van der Waals surface area contributed by atoms with Crippen LogP contribution in [-0.4, -0.2) is 0 Å². The first-order valence-electron chi connectivity index (χ1n) is 8.54. The Morgan fingerprint density at radius 2 is 1.00 bits per heavy atom. The molecule has 3 aromatic rings. The third-order valence-corrected chi connectivity index (χ3v) is 5.10. The largest absolute Gasteiger partial charge is 0.0617 e. The van der Waals surface area contributed by atoms with Gasteiger partial charge in [-0.1, -0.05) is 85.0 Å². The molecule has 2 aliphatic rings. The smallest absolute Gasteiger partial charge is 0.00195 e. The highest BCUT2D eigenvalue weighted by atomic mass is 14.2. The molecule has 3 aromatic carbocycles. The van der Waals surface area contributed by atoms with Crippen LogP contribution in [0.2, 0.25) is 0 Å². The fourth-order valence-corrected chi connectivity index (χ4v) is 3.71. The lowest BCUT2D eigenvalue weighted by Gasteiger charge is -2.17. The fraction of sp³-hybridized carbons (Fsp3) is 0.0833. The molecule has 0 heteroatoms. The molecule has 24 heavy (non-hydrogen) atoms. The first-order valence-corrected chi connectivity index (χ1v) is 8.54. The van der Waals surface area contributed by atoms with Crippen molar-refractivity contribution in [2.24, 2.45) is 0 Å². The monoisotopic (exact) mass is 306 g/mol. The summed E-state index contributed by atoms with van der Waals surface area (Å²) in [6.45, 7) is 0. The van der Waals surface area contributed by atoms with Crippen molar-refractivity contribution < 1.29 is 0 Å². The minimum atomic E-state index is 1.01. The van der Waals surface area contributed by atoms with E-state index in [9.17, 15) is 0 Å². The van der Waals surface area contributed by atoms with E-state index in [1.54, 1.807) is 0 Å². The summed E-state index contributed by atoms with van der Waals surface area (Å²) in [4.78, 5) is 0. The van der Waals surface area contributed by atoms with Crippen LogP contribution in [0.5, 0.6) is 0 Å². The van der Waals surface area contributed by atoms with Crippen molar-refractivity contribution in [3.8, 4) is 0 Å². The molecular formula is C24H18. The maximum atomic E-state index is 2.36. The average Bonchev–Trinajstić information content (AvgIpc) is 2.51. The highest BCUT2D eigenvalue weighted by molar-refractivity contribution is 5.88. The summed E-state index contributed by atoms with van der Waals surface area (Å²) in [5, 5.41) is 0. The van der Waals surface area contributed by atoms with Crippen molar-refractivity contribution in [3.05, 3.63) is 105 Å². The lowest BCUT2D eigenvalue weighted by molar-refractivity contribution is 1.13. The SMILES string of the molecule is C1=Cc2c1cccc2Cc1cccc(Cc2cccc3c2C=C3)c1. The fourth-order valence-electron chi connectivity index (χ4n) is 3.71. The number of rotatable bonds is 4. The molecule has 0 aliphatic heterocycles. The van der Waals surface area contributed by atoms with Crippen molar-refractivity contribution in [3.63, 3.8) is 0 Å².